The first-order valence-corrected chi connectivity index (χ1v) is 17.8. The minimum atomic E-state index is -3.92. The van der Waals surface area contributed by atoms with Crippen molar-refractivity contribution in [1.82, 2.24) is 19.9 Å². The van der Waals surface area contributed by atoms with Crippen LogP contribution in [-0.2, 0) is 31.0 Å². The van der Waals surface area contributed by atoms with Gasteiger partial charge in [-0.3, -0.25) is 19.4 Å². The second-order valence-electron chi connectivity index (χ2n) is 11.6. The Morgan fingerprint density at radius 1 is 1.06 bits per heavy atom. The van der Waals surface area contributed by atoms with E-state index in [-0.39, 0.29) is 59.6 Å². The van der Waals surface area contributed by atoms with E-state index in [0.29, 0.717) is 18.5 Å². The number of nitrogens with zero attached hydrogens (tertiary/aromatic N) is 3. The summed E-state index contributed by atoms with van der Waals surface area (Å²) < 4.78 is 34.5. The highest BCUT2D eigenvalue weighted by atomic mass is 32.2. The number of fused-ring (bicyclic) bond motifs is 1. The van der Waals surface area contributed by atoms with Gasteiger partial charge in [0.15, 0.2) is 5.01 Å². The number of ketones is 1. The summed E-state index contributed by atoms with van der Waals surface area (Å²) in [5.74, 6) is -1.40. The van der Waals surface area contributed by atoms with Crippen LogP contribution in [0.25, 0.3) is 10.2 Å². The number of para-hydroxylation sites is 1. The van der Waals surface area contributed by atoms with Crippen LogP contribution < -0.4 is 15.8 Å². The summed E-state index contributed by atoms with van der Waals surface area (Å²) in [5, 5.41) is 3.12. The van der Waals surface area contributed by atoms with Gasteiger partial charge >= 0.3 is 0 Å². The molecule has 0 saturated carbocycles. The Bertz CT molecular complexity index is 1860. The van der Waals surface area contributed by atoms with Gasteiger partial charge in [-0.25, -0.2) is 18.1 Å². The molecule has 4 N–H and O–H groups in total. The van der Waals surface area contributed by atoms with Crippen LogP contribution in [0.3, 0.4) is 0 Å². The first-order valence-electron chi connectivity index (χ1n) is 15.5. The minimum absolute atomic E-state index is 0.0506. The zero-order valence-corrected chi connectivity index (χ0v) is 28.3. The summed E-state index contributed by atoms with van der Waals surface area (Å²) >= 11 is 1.23. The summed E-state index contributed by atoms with van der Waals surface area (Å²) in [6.07, 6.45) is 0.382. The highest BCUT2D eigenvalue weighted by Gasteiger charge is 2.40. The number of benzene rings is 3. The van der Waals surface area contributed by atoms with Crippen molar-refractivity contribution in [1.29, 1.82) is 0 Å². The predicted molar refractivity (Wildman–Crippen MR) is 184 cm³/mol. The number of nitrogens with two attached hydrogens (primary N) is 1. The molecule has 3 atom stereocenters. The van der Waals surface area contributed by atoms with Gasteiger partial charge in [-0.05, 0) is 49.6 Å². The lowest BCUT2D eigenvalue weighted by molar-refractivity contribution is -0.137. The fourth-order valence-corrected chi connectivity index (χ4v) is 7.32. The SMILES string of the molecule is CC(=O)N1C[C@H](OCc2ccccc2)C[C@H]1C(=O)NC(CCCN=C(N)NS(=O)(=O)c1ccc(C)cc1)C(=O)c1nc2ccccc2s1. The molecule has 0 aliphatic carbocycles. The molecular formula is C34H38N6O6S2. The molecule has 0 radical (unpaired) electrons. The summed E-state index contributed by atoms with van der Waals surface area (Å²) in [7, 11) is -3.92. The third-order valence-corrected chi connectivity index (χ3v) is 10.4. The number of Topliss-reactive ketones (excluding diaryl/α,β-unsaturated/α-hetero) is 1. The quantitative estimate of drug-likeness (QED) is 0.0827. The number of carbonyl (C=O) groups is 3. The number of rotatable bonds is 13. The Hall–Kier alpha value is -4.66. The van der Waals surface area contributed by atoms with Gasteiger partial charge in [0.05, 0.1) is 33.9 Å². The van der Waals surface area contributed by atoms with Crippen molar-refractivity contribution in [3.8, 4) is 0 Å². The standard InChI is InChI=1S/C34H38N6O6S2/c1-22-14-16-26(17-15-22)48(44,45)39-34(35)36-18-8-12-28(31(42)33-38-27-11-6-7-13-30(27)47-33)37-32(43)29-19-25(20-40(29)23(2)41)46-21-24-9-4-3-5-10-24/h3-7,9-11,13-17,25,28-29H,8,12,18-21H2,1-2H3,(H,37,43)(H3,35,36,39)/t25-,28?,29+/m1/s1. The number of ether oxygens (including phenoxy) is 1. The number of guanidine groups is 1. The molecule has 1 aromatic heterocycles. The number of carbonyl (C=O) groups excluding carboxylic acids is 3. The number of hydrogen-bond acceptors (Lipinski definition) is 9. The molecule has 5 rings (SSSR count). The van der Waals surface area contributed by atoms with Crippen LogP contribution in [0.15, 0.2) is 88.8 Å². The van der Waals surface area contributed by atoms with Crippen LogP contribution in [0, 0.1) is 6.92 Å². The van der Waals surface area contributed by atoms with Crippen LogP contribution in [0.4, 0.5) is 0 Å². The third-order valence-electron chi connectivity index (χ3n) is 7.94. The summed E-state index contributed by atoms with van der Waals surface area (Å²) in [5.41, 5.74) is 8.45. The normalized spacial score (nSPS) is 17.3. The third kappa shape index (κ3) is 8.82. The monoisotopic (exact) mass is 690 g/mol. The highest BCUT2D eigenvalue weighted by molar-refractivity contribution is 7.90. The molecule has 1 fully saturated rings. The zero-order valence-electron chi connectivity index (χ0n) is 26.7. The molecule has 2 amide bonds. The Morgan fingerprint density at radius 2 is 1.77 bits per heavy atom. The number of hydrogen-bond donors (Lipinski definition) is 3. The van der Waals surface area contributed by atoms with Gasteiger partial charge < -0.3 is 20.7 Å². The average Bonchev–Trinajstić information content (AvgIpc) is 3.70. The first-order chi connectivity index (χ1) is 23.0. The van der Waals surface area contributed by atoms with E-state index < -0.39 is 28.0 Å². The van der Waals surface area contributed by atoms with Crippen molar-refractivity contribution < 1.29 is 27.5 Å². The highest BCUT2D eigenvalue weighted by Crippen LogP contribution is 2.25. The molecule has 3 aromatic carbocycles. The van der Waals surface area contributed by atoms with E-state index in [1.54, 1.807) is 12.1 Å². The smallest absolute Gasteiger partial charge is 0.264 e. The lowest BCUT2D eigenvalue weighted by atomic mass is 10.1. The molecule has 4 aromatic rings. The topological polar surface area (TPSA) is 173 Å². The van der Waals surface area contributed by atoms with Crippen LogP contribution in [0.1, 0.15) is 47.1 Å². The van der Waals surface area contributed by atoms with Crippen molar-refractivity contribution in [2.75, 3.05) is 13.1 Å². The second-order valence-corrected chi connectivity index (χ2v) is 14.3. The summed E-state index contributed by atoms with van der Waals surface area (Å²) in [6.45, 7) is 3.93. The van der Waals surface area contributed by atoms with Gasteiger partial charge in [-0.1, -0.05) is 60.2 Å². The van der Waals surface area contributed by atoms with Gasteiger partial charge in [0, 0.05) is 26.4 Å². The van der Waals surface area contributed by atoms with Crippen LogP contribution in [0.2, 0.25) is 0 Å². The lowest BCUT2D eigenvalue weighted by Gasteiger charge is -2.24. The molecule has 14 heteroatoms. The maximum Gasteiger partial charge on any atom is 0.264 e. The first kappa shape index (κ1) is 34.7. The van der Waals surface area contributed by atoms with Crippen molar-refractivity contribution >= 4 is 55.1 Å². The molecule has 2 heterocycles. The summed E-state index contributed by atoms with van der Waals surface area (Å²) in [4.78, 5) is 50.2. The molecule has 1 saturated heterocycles. The van der Waals surface area contributed by atoms with E-state index in [1.807, 2.05) is 61.5 Å². The Kier molecular flexibility index (Phi) is 11.2. The number of likely N-dealkylation sites (tertiary alicyclic amines) is 1. The largest absolute Gasteiger partial charge is 0.372 e. The summed E-state index contributed by atoms with van der Waals surface area (Å²) in [6, 6.07) is 21.5. The van der Waals surface area contributed by atoms with E-state index in [4.69, 9.17) is 10.5 Å². The van der Waals surface area contributed by atoms with Gasteiger partial charge in [0.2, 0.25) is 23.6 Å². The van der Waals surface area contributed by atoms with Gasteiger partial charge in [-0.15, -0.1) is 11.3 Å². The van der Waals surface area contributed by atoms with Crippen molar-refractivity contribution in [3.63, 3.8) is 0 Å². The molecule has 0 spiro atoms. The van der Waals surface area contributed by atoms with E-state index in [1.165, 1.54) is 35.3 Å². The molecule has 48 heavy (non-hydrogen) atoms. The van der Waals surface area contributed by atoms with E-state index in [9.17, 15) is 22.8 Å². The number of amides is 2. The number of aliphatic imine (C=N–C) groups is 1. The molecule has 1 unspecified atom stereocenters. The van der Waals surface area contributed by atoms with E-state index in [0.717, 1.165) is 15.8 Å². The van der Waals surface area contributed by atoms with Crippen LogP contribution in [-0.4, -0.2) is 73.1 Å². The van der Waals surface area contributed by atoms with Crippen LogP contribution in [0.5, 0.6) is 0 Å². The van der Waals surface area contributed by atoms with E-state index in [2.05, 4.69) is 20.0 Å². The fourth-order valence-electron chi connectivity index (χ4n) is 5.41. The van der Waals surface area contributed by atoms with Crippen molar-refractivity contribution in [2.24, 2.45) is 10.7 Å². The average molecular weight is 691 g/mol. The van der Waals surface area contributed by atoms with Gasteiger partial charge in [0.25, 0.3) is 10.0 Å². The molecule has 1 aliphatic rings. The molecule has 1 aliphatic heterocycles. The second kappa shape index (κ2) is 15.5. The zero-order chi connectivity index (χ0) is 34.3. The molecular weight excluding hydrogens is 653 g/mol. The fraction of sp³-hybridized carbons (Fsp3) is 0.324. The Labute approximate surface area is 283 Å². The Balaban J connectivity index is 1.26. The number of thiazole rings is 1. The molecule has 12 nitrogen and oxygen atoms in total. The van der Waals surface area contributed by atoms with Crippen molar-refractivity contribution in [3.05, 3.63) is 95.0 Å². The Morgan fingerprint density at radius 3 is 2.48 bits per heavy atom. The van der Waals surface area contributed by atoms with Gasteiger partial charge in [-0.2, -0.15) is 0 Å². The number of nitrogens with one attached hydrogen (secondary N) is 2. The number of sulfonamides is 1. The number of aromatic nitrogens is 1. The van der Waals surface area contributed by atoms with E-state index >= 15 is 0 Å². The molecule has 252 valence electrons. The van der Waals surface area contributed by atoms with Crippen molar-refractivity contribution in [2.45, 2.75) is 62.8 Å². The maximum absolute atomic E-state index is 13.8. The van der Waals surface area contributed by atoms with Crippen LogP contribution >= 0.6 is 11.3 Å². The predicted octanol–water partition coefficient (Wildman–Crippen LogP) is 3.55. The minimum Gasteiger partial charge on any atom is -0.372 e. The van der Waals surface area contributed by atoms with Gasteiger partial charge in [0.1, 0.15) is 6.04 Å². The maximum atomic E-state index is 13.8. The number of aryl methyl sites for hydroxylation is 1. The molecule has 0 bridgehead atoms. The lowest BCUT2D eigenvalue weighted by Crippen LogP contribution is -2.50.